The van der Waals surface area contributed by atoms with Crippen molar-refractivity contribution in [3.63, 3.8) is 0 Å². The molecule has 88 valence electrons. The van der Waals surface area contributed by atoms with Crippen LogP contribution in [0.15, 0.2) is 33.5 Å². The minimum absolute atomic E-state index is 0.111. The van der Waals surface area contributed by atoms with Gasteiger partial charge in [0.2, 0.25) is 0 Å². The third-order valence-corrected chi connectivity index (χ3v) is 2.65. The Morgan fingerprint density at radius 2 is 1.94 bits per heavy atom. The van der Waals surface area contributed by atoms with Gasteiger partial charge >= 0.3 is 0 Å². The zero-order valence-electron chi connectivity index (χ0n) is 10.1. The van der Waals surface area contributed by atoms with E-state index in [0.717, 1.165) is 0 Å². The molecule has 0 unspecified atom stereocenters. The lowest BCUT2D eigenvalue weighted by molar-refractivity contribution is 0.112. The Balaban J connectivity index is 2.89. The Kier molecular flexibility index (Phi) is 2.62. The van der Waals surface area contributed by atoms with Crippen LogP contribution in [0.25, 0.3) is 11.0 Å². The maximum atomic E-state index is 11.9. The molecule has 17 heavy (non-hydrogen) atoms. The van der Waals surface area contributed by atoms with E-state index in [9.17, 15) is 9.59 Å². The topological polar surface area (TPSA) is 47.3 Å². The van der Waals surface area contributed by atoms with E-state index in [1.807, 2.05) is 20.8 Å². The fourth-order valence-corrected chi connectivity index (χ4v) is 1.66. The molecule has 1 heterocycles. The summed E-state index contributed by atoms with van der Waals surface area (Å²) in [6.07, 6.45) is 0.706. The molecule has 0 spiro atoms. The van der Waals surface area contributed by atoms with Crippen LogP contribution in [0.2, 0.25) is 0 Å². The Labute approximate surface area is 99.1 Å². The first-order chi connectivity index (χ1) is 7.93. The Hall–Kier alpha value is -1.90. The standard InChI is InChI=1S/C14H14O3/c1-14(2,3)12-7-11(16)10-6-4-5-9(8-15)13(10)17-12/h4-8H,1-3H3. The van der Waals surface area contributed by atoms with Gasteiger partial charge < -0.3 is 4.42 Å². The first-order valence-electron chi connectivity index (χ1n) is 5.46. The van der Waals surface area contributed by atoms with Crippen molar-refractivity contribution in [3.05, 3.63) is 45.8 Å². The van der Waals surface area contributed by atoms with E-state index in [1.54, 1.807) is 18.2 Å². The summed E-state index contributed by atoms with van der Waals surface area (Å²) < 4.78 is 5.70. The number of hydrogen-bond acceptors (Lipinski definition) is 3. The van der Waals surface area contributed by atoms with Crippen LogP contribution in [-0.2, 0) is 5.41 Å². The molecule has 0 aliphatic carbocycles. The van der Waals surface area contributed by atoms with Crippen LogP contribution in [0.4, 0.5) is 0 Å². The van der Waals surface area contributed by atoms with Crippen LogP contribution >= 0.6 is 0 Å². The summed E-state index contributed by atoms with van der Waals surface area (Å²) in [6, 6.07) is 6.49. The maximum absolute atomic E-state index is 11.9. The number of hydrogen-bond donors (Lipinski definition) is 0. The number of rotatable bonds is 1. The Morgan fingerprint density at radius 3 is 2.53 bits per heavy atom. The fraction of sp³-hybridized carbons (Fsp3) is 0.286. The molecule has 0 aliphatic heterocycles. The molecule has 1 aromatic heterocycles. The van der Waals surface area contributed by atoms with Gasteiger partial charge in [-0.05, 0) is 12.1 Å². The van der Waals surface area contributed by atoms with Crippen molar-refractivity contribution in [1.29, 1.82) is 0 Å². The average Bonchev–Trinajstić information content (AvgIpc) is 2.27. The van der Waals surface area contributed by atoms with Crippen LogP contribution in [-0.4, -0.2) is 6.29 Å². The Morgan fingerprint density at radius 1 is 1.24 bits per heavy atom. The predicted molar refractivity (Wildman–Crippen MR) is 66.6 cm³/mol. The number of carbonyl (C=O) groups excluding carboxylic acids is 1. The summed E-state index contributed by atoms with van der Waals surface area (Å²) in [6.45, 7) is 5.88. The summed E-state index contributed by atoms with van der Waals surface area (Å²) in [5.74, 6) is 0.587. The van der Waals surface area contributed by atoms with E-state index in [-0.39, 0.29) is 10.8 Å². The third-order valence-electron chi connectivity index (χ3n) is 2.65. The molecule has 0 aliphatic rings. The highest BCUT2D eigenvalue weighted by atomic mass is 16.3. The monoisotopic (exact) mass is 230 g/mol. The third kappa shape index (κ3) is 2.00. The molecule has 3 heteroatoms. The van der Waals surface area contributed by atoms with Gasteiger partial charge in [0.15, 0.2) is 11.7 Å². The lowest BCUT2D eigenvalue weighted by Crippen LogP contribution is -2.15. The van der Waals surface area contributed by atoms with Crippen LogP contribution in [0.3, 0.4) is 0 Å². The largest absolute Gasteiger partial charge is 0.459 e. The highest BCUT2D eigenvalue weighted by Gasteiger charge is 2.19. The summed E-state index contributed by atoms with van der Waals surface area (Å²) in [4.78, 5) is 22.9. The molecular formula is C14H14O3. The van der Waals surface area contributed by atoms with Crippen LogP contribution in [0, 0.1) is 0 Å². The molecule has 3 nitrogen and oxygen atoms in total. The van der Waals surface area contributed by atoms with Crippen molar-refractivity contribution in [2.24, 2.45) is 0 Å². The second-order valence-electron chi connectivity index (χ2n) is 5.07. The normalized spacial score (nSPS) is 11.7. The molecule has 0 bridgehead atoms. The first kappa shape index (κ1) is 11.6. The van der Waals surface area contributed by atoms with Gasteiger partial charge in [0.05, 0.1) is 10.9 Å². The average molecular weight is 230 g/mol. The number of fused-ring (bicyclic) bond motifs is 1. The van der Waals surface area contributed by atoms with E-state index in [0.29, 0.717) is 28.6 Å². The maximum Gasteiger partial charge on any atom is 0.192 e. The van der Waals surface area contributed by atoms with Crippen molar-refractivity contribution in [3.8, 4) is 0 Å². The minimum atomic E-state index is -0.261. The SMILES string of the molecule is CC(C)(C)c1cc(=O)c2cccc(C=O)c2o1. The molecule has 1 aromatic carbocycles. The van der Waals surface area contributed by atoms with Gasteiger partial charge in [-0.2, -0.15) is 0 Å². The van der Waals surface area contributed by atoms with Crippen LogP contribution < -0.4 is 5.43 Å². The quantitative estimate of drug-likeness (QED) is 0.708. The van der Waals surface area contributed by atoms with Gasteiger partial charge in [-0.25, -0.2) is 0 Å². The van der Waals surface area contributed by atoms with Gasteiger partial charge in [-0.1, -0.05) is 26.8 Å². The minimum Gasteiger partial charge on any atom is -0.459 e. The van der Waals surface area contributed by atoms with E-state index in [1.165, 1.54) is 6.07 Å². The molecule has 0 amide bonds. The molecule has 0 saturated carbocycles. The van der Waals surface area contributed by atoms with Crippen LogP contribution in [0.1, 0.15) is 36.9 Å². The van der Waals surface area contributed by atoms with Crippen LogP contribution in [0.5, 0.6) is 0 Å². The second kappa shape index (κ2) is 3.84. The number of carbonyl (C=O) groups is 1. The van der Waals surface area contributed by atoms with Gasteiger partial charge in [0, 0.05) is 11.5 Å². The van der Waals surface area contributed by atoms with E-state index >= 15 is 0 Å². The lowest BCUT2D eigenvalue weighted by Gasteiger charge is -2.17. The smallest absolute Gasteiger partial charge is 0.192 e. The van der Waals surface area contributed by atoms with Gasteiger partial charge in [-0.3, -0.25) is 9.59 Å². The predicted octanol–water partition coefficient (Wildman–Crippen LogP) is 2.90. The molecule has 0 atom stereocenters. The van der Waals surface area contributed by atoms with E-state index < -0.39 is 0 Å². The summed E-state index contributed by atoms with van der Waals surface area (Å²) in [5, 5.41) is 0.447. The molecular weight excluding hydrogens is 216 g/mol. The number of benzene rings is 1. The van der Waals surface area contributed by atoms with Crippen molar-refractivity contribution >= 4 is 17.3 Å². The van der Waals surface area contributed by atoms with Crippen molar-refractivity contribution in [1.82, 2.24) is 0 Å². The van der Waals surface area contributed by atoms with Gasteiger partial charge in [0.1, 0.15) is 11.3 Å². The second-order valence-corrected chi connectivity index (χ2v) is 5.07. The van der Waals surface area contributed by atoms with Gasteiger partial charge in [0.25, 0.3) is 0 Å². The molecule has 0 saturated heterocycles. The number of aldehydes is 1. The van der Waals surface area contributed by atoms with Gasteiger partial charge in [-0.15, -0.1) is 0 Å². The first-order valence-corrected chi connectivity index (χ1v) is 5.46. The lowest BCUT2D eigenvalue weighted by atomic mass is 9.92. The molecule has 0 N–H and O–H groups in total. The zero-order chi connectivity index (χ0) is 12.6. The summed E-state index contributed by atoms with van der Waals surface area (Å²) in [7, 11) is 0. The van der Waals surface area contributed by atoms with Crippen molar-refractivity contribution in [2.75, 3.05) is 0 Å². The zero-order valence-corrected chi connectivity index (χ0v) is 10.1. The fourth-order valence-electron chi connectivity index (χ4n) is 1.66. The van der Waals surface area contributed by atoms with Crippen molar-refractivity contribution < 1.29 is 9.21 Å². The molecule has 0 radical (unpaired) electrons. The molecule has 2 aromatic rings. The molecule has 0 fully saturated rings. The Bertz CT molecular complexity index is 630. The number of para-hydroxylation sites is 1. The summed E-state index contributed by atoms with van der Waals surface area (Å²) in [5.41, 5.74) is 0.411. The summed E-state index contributed by atoms with van der Waals surface area (Å²) >= 11 is 0. The van der Waals surface area contributed by atoms with E-state index in [2.05, 4.69) is 0 Å². The molecule has 2 rings (SSSR count). The highest BCUT2D eigenvalue weighted by molar-refractivity contribution is 5.94. The van der Waals surface area contributed by atoms with Crippen molar-refractivity contribution in [2.45, 2.75) is 26.2 Å². The van der Waals surface area contributed by atoms with E-state index in [4.69, 9.17) is 4.42 Å². The highest BCUT2D eigenvalue weighted by Crippen LogP contribution is 2.25.